The van der Waals surface area contributed by atoms with E-state index in [2.05, 4.69) is 141 Å². The van der Waals surface area contributed by atoms with Crippen LogP contribution in [0.3, 0.4) is 0 Å². The van der Waals surface area contributed by atoms with Crippen molar-refractivity contribution < 1.29 is 9.31 Å². The van der Waals surface area contributed by atoms with Crippen molar-refractivity contribution in [1.82, 2.24) is 14.5 Å². The molecule has 0 atom stereocenters. The SMILES string of the molecule is CC1(C)OB(c2ccc3c4c5ccccc5c5ccccc5c4n(-c4nc(-c5ccccc5)c5ccccc5n4)c3c2)OC1(C)C. The summed E-state index contributed by atoms with van der Waals surface area (Å²) in [6, 6.07) is 42.6. The van der Waals surface area contributed by atoms with Crippen LogP contribution in [-0.2, 0) is 9.31 Å². The standard InChI is InChI=1S/C40H32BN3O2/c1-39(2)40(3,4)46-41(45-39)26-22-23-32-34(24-26)44(37-30-19-11-9-17-28(30)27-16-8-10-18-29(27)35(32)37)38-42-33-21-13-12-20-31(33)36(43-38)25-14-6-5-7-15-25/h5-24H,1-4H3. The van der Waals surface area contributed by atoms with Crippen molar-refractivity contribution in [2.24, 2.45) is 0 Å². The number of para-hydroxylation sites is 1. The quantitative estimate of drug-likeness (QED) is 0.151. The number of fused-ring (bicyclic) bond motifs is 9. The monoisotopic (exact) mass is 597 g/mol. The molecule has 1 aliphatic rings. The molecular weight excluding hydrogens is 565 g/mol. The van der Waals surface area contributed by atoms with Gasteiger partial charge in [0.05, 0.1) is 33.4 Å². The number of nitrogens with zero attached hydrogens (tertiary/aromatic N) is 3. The van der Waals surface area contributed by atoms with Crippen molar-refractivity contribution in [1.29, 1.82) is 0 Å². The molecule has 0 bridgehead atoms. The second-order valence-electron chi connectivity index (χ2n) is 13.3. The summed E-state index contributed by atoms with van der Waals surface area (Å²) in [5.74, 6) is 0.629. The Labute approximate surface area is 267 Å². The maximum Gasteiger partial charge on any atom is 0.494 e. The summed E-state index contributed by atoms with van der Waals surface area (Å²) in [7, 11) is -0.494. The lowest BCUT2D eigenvalue weighted by Gasteiger charge is -2.32. The molecule has 5 nitrogen and oxygen atoms in total. The van der Waals surface area contributed by atoms with Crippen LogP contribution in [0.25, 0.3) is 71.5 Å². The van der Waals surface area contributed by atoms with E-state index in [9.17, 15) is 0 Å². The van der Waals surface area contributed by atoms with E-state index in [1.54, 1.807) is 0 Å². The molecule has 8 aromatic rings. The van der Waals surface area contributed by atoms with Crippen molar-refractivity contribution >= 4 is 66.8 Å². The van der Waals surface area contributed by atoms with Gasteiger partial charge in [-0.25, -0.2) is 9.97 Å². The van der Waals surface area contributed by atoms with E-state index < -0.39 is 18.3 Å². The van der Waals surface area contributed by atoms with Gasteiger partial charge in [-0.3, -0.25) is 4.57 Å². The molecule has 2 aromatic heterocycles. The zero-order valence-corrected chi connectivity index (χ0v) is 26.3. The molecule has 0 N–H and O–H groups in total. The van der Waals surface area contributed by atoms with Crippen LogP contribution in [0, 0.1) is 0 Å². The van der Waals surface area contributed by atoms with Gasteiger partial charge in [-0.05, 0) is 61.4 Å². The molecule has 222 valence electrons. The fourth-order valence-electron chi connectivity index (χ4n) is 7.01. The summed E-state index contributed by atoms with van der Waals surface area (Å²) < 4.78 is 15.3. The molecule has 1 aliphatic heterocycles. The minimum atomic E-state index is -0.494. The lowest BCUT2D eigenvalue weighted by atomic mass is 9.78. The summed E-state index contributed by atoms with van der Waals surface area (Å²) >= 11 is 0. The Morgan fingerprint density at radius 2 is 1.15 bits per heavy atom. The zero-order chi connectivity index (χ0) is 31.2. The largest absolute Gasteiger partial charge is 0.494 e. The molecule has 1 fully saturated rings. The van der Waals surface area contributed by atoms with Gasteiger partial charge in [0.15, 0.2) is 0 Å². The van der Waals surface area contributed by atoms with Gasteiger partial charge in [0.25, 0.3) is 0 Å². The first kappa shape index (κ1) is 27.3. The first-order chi connectivity index (χ1) is 22.3. The highest BCUT2D eigenvalue weighted by molar-refractivity contribution is 6.62. The molecule has 46 heavy (non-hydrogen) atoms. The molecule has 3 heterocycles. The van der Waals surface area contributed by atoms with E-state index in [1.165, 1.54) is 21.5 Å². The summed E-state index contributed by atoms with van der Waals surface area (Å²) in [6.45, 7) is 8.37. The van der Waals surface area contributed by atoms with Crippen LogP contribution in [-0.4, -0.2) is 32.9 Å². The average molecular weight is 598 g/mol. The van der Waals surface area contributed by atoms with Gasteiger partial charge in [-0.1, -0.05) is 109 Å². The zero-order valence-electron chi connectivity index (χ0n) is 26.3. The Balaban J connectivity index is 1.44. The van der Waals surface area contributed by atoms with Crippen LogP contribution < -0.4 is 5.46 Å². The third-order valence-corrected chi connectivity index (χ3v) is 10.0. The Morgan fingerprint density at radius 3 is 1.87 bits per heavy atom. The number of rotatable bonds is 3. The van der Waals surface area contributed by atoms with E-state index >= 15 is 0 Å². The predicted octanol–water partition coefficient (Wildman–Crippen LogP) is 9.00. The molecule has 9 rings (SSSR count). The molecule has 0 spiro atoms. The third kappa shape index (κ3) is 3.90. The van der Waals surface area contributed by atoms with Gasteiger partial charge in [-0.2, -0.15) is 0 Å². The third-order valence-electron chi connectivity index (χ3n) is 10.0. The van der Waals surface area contributed by atoms with Crippen molar-refractivity contribution in [2.75, 3.05) is 0 Å². The molecule has 1 saturated heterocycles. The maximum absolute atomic E-state index is 6.53. The minimum absolute atomic E-state index is 0.447. The molecule has 6 heteroatoms. The summed E-state index contributed by atoms with van der Waals surface area (Å²) in [5, 5.41) is 8.12. The smallest absolute Gasteiger partial charge is 0.399 e. The minimum Gasteiger partial charge on any atom is -0.399 e. The summed E-state index contributed by atoms with van der Waals surface area (Å²) in [4.78, 5) is 10.6. The van der Waals surface area contributed by atoms with Crippen molar-refractivity contribution in [2.45, 2.75) is 38.9 Å². The first-order valence-electron chi connectivity index (χ1n) is 15.9. The van der Waals surface area contributed by atoms with Crippen LogP contribution in [0.4, 0.5) is 0 Å². The highest BCUT2D eigenvalue weighted by Gasteiger charge is 2.51. The second kappa shape index (κ2) is 9.73. The number of benzene rings is 6. The van der Waals surface area contributed by atoms with Gasteiger partial charge in [0.1, 0.15) is 0 Å². The summed E-state index contributed by atoms with van der Waals surface area (Å²) in [5.41, 5.74) is 5.03. The topological polar surface area (TPSA) is 49.2 Å². The van der Waals surface area contributed by atoms with Gasteiger partial charge >= 0.3 is 7.12 Å². The molecular formula is C40H32BN3O2. The maximum atomic E-state index is 6.53. The Morgan fingerprint density at radius 1 is 0.565 bits per heavy atom. The van der Waals surface area contributed by atoms with Crippen LogP contribution in [0.1, 0.15) is 27.7 Å². The van der Waals surface area contributed by atoms with Crippen LogP contribution in [0.15, 0.2) is 121 Å². The van der Waals surface area contributed by atoms with Gasteiger partial charge in [0, 0.05) is 27.1 Å². The second-order valence-corrected chi connectivity index (χ2v) is 13.3. The van der Waals surface area contributed by atoms with E-state index in [0.717, 1.165) is 49.4 Å². The van der Waals surface area contributed by atoms with Gasteiger partial charge in [0.2, 0.25) is 5.95 Å². The van der Waals surface area contributed by atoms with Crippen molar-refractivity contribution in [3.05, 3.63) is 121 Å². The van der Waals surface area contributed by atoms with Crippen molar-refractivity contribution in [3.63, 3.8) is 0 Å². The van der Waals surface area contributed by atoms with Crippen LogP contribution in [0.5, 0.6) is 0 Å². The molecule has 0 aliphatic carbocycles. The van der Waals surface area contributed by atoms with Crippen LogP contribution >= 0.6 is 0 Å². The fourth-order valence-corrected chi connectivity index (χ4v) is 7.01. The first-order valence-corrected chi connectivity index (χ1v) is 15.9. The van der Waals surface area contributed by atoms with Crippen molar-refractivity contribution in [3.8, 4) is 17.2 Å². The molecule has 6 aromatic carbocycles. The Hall–Kier alpha value is -5.04. The van der Waals surface area contributed by atoms with E-state index in [-0.39, 0.29) is 0 Å². The van der Waals surface area contributed by atoms with E-state index in [0.29, 0.717) is 5.95 Å². The lowest BCUT2D eigenvalue weighted by molar-refractivity contribution is 0.00578. The highest BCUT2D eigenvalue weighted by Crippen LogP contribution is 2.43. The summed E-state index contributed by atoms with van der Waals surface area (Å²) in [6.07, 6.45) is 0. The van der Waals surface area contributed by atoms with Gasteiger partial charge < -0.3 is 9.31 Å². The van der Waals surface area contributed by atoms with E-state index in [1.807, 2.05) is 12.1 Å². The normalized spacial score (nSPS) is 16.0. The number of hydrogen-bond donors (Lipinski definition) is 0. The predicted molar refractivity (Wildman–Crippen MR) is 190 cm³/mol. The lowest BCUT2D eigenvalue weighted by Crippen LogP contribution is -2.41. The van der Waals surface area contributed by atoms with Gasteiger partial charge in [-0.15, -0.1) is 0 Å². The molecule has 0 saturated carbocycles. The average Bonchev–Trinajstić information content (AvgIpc) is 3.54. The highest BCUT2D eigenvalue weighted by atomic mass is 16.7. The Kier molecular flexibility index (Phi) is 5.77. The number of hydrogen-bond acceptors (Lipinski definition) is 4. The fraction of sp³-hybridized carbons (Fsp3) is 0.150. The van der Waals surface area contributed by atoms with Crippen LogP contribution in [0.2, 0.25) is 0 Å². The molecule has 0 unspecified atom stereocenters. The Bertz CT molecular complexity index is 2490. The molecule has 0 radical (unpaired) electrons. The number of aromatic nitrogens is 3. The molecule has 0 amide bonds. The van der Waals surface area contributed by atoms with E-state index in [4.69, 9.17) is 19.3 Å².